The second-order valence-corrected chi connectivity index (χ2v) is 10.4. The average Bonchev–Trinajstić information content (AvgIpc) is 3.14. The van der Waals surface area contributed by atoms with E-state index in [-0.39, 0.29) is 12.4 Å². The monoisotopic (exact) mass is 332 g/mol. The van der Waals surface area contributed by atoms with Gasteiger partial charge in [0.15, 0.2) is 6.29 Å². The smallest absolute Gasteiger partial charge is 0.164 e. The van der Waals surface area contributed by atoms with Crippen molar-refractivity contribution in [2.75, 3.05) is 0 Å². The normalized spacial score (nSPS) is 66.9. The second-order valence-electron chi connectivity index (χ2n) is 10.4. The SMILES string of the molecule is C[C@@H]1OC2O[C@@H]3CC24[C@@H]1CC[C@H]4[C@@H]1CC[C@@H]2C[C@H](O)CC[C@]2(C)[C@H]13. The van der Waals surface area contributed by atoms with Crippen LogP contribution in [0.5, 0.6) is 0 Å². The van der Waals surface area contributed by atoms with Gasteiger partial charge in [0.25, 0.3) is 0 Å². The van der Waals surface area contributed by atoms with Crippen LogP contribution >= 0.6 is 0 Å². The number of hydrogen-bond donors (Lipinski definition) is 1. The lowest BCUT2D eigenvalue weighted by Crippen LogP contribution is -2.57. The number of hydrogen-bond acceptors (Lipinski definition) is 3. The molecule has 6 rings (SSSR count). The van der Waals surface area contributed by atoms with Gasteiger partial charge in [-0.25, -0.2) is 0 Å². The molecular formula is C21H32O3. The molecular weight excluding hydrogens is 300 g/mol. The van der Waals surface area contributed by atoms with Crippen molar-refractivity contribution < 1.29 is 14.6 Å². The summed E-state index contributed by atoms with van der Waals surface area (Å²) in [5.41, 5.74) is 0.749. The van der Waals surface area contributed by atoms with E-state index in [1.54, 1.807) is 0 Å². The largest absolute Gasteiger partial charge is 0.393 e. The molecule has 2 heterocycles. The molecule has 1 N–H and O–H groups in total. The van der Waals surface area contributed by atoms with Gasteiger partial charge >= 0.3 is 0 Å². The third-order valence-electron chi connectivity index (χ3n) is 9.86. The van der Waals surface area contributed by atoms with E-state index in [2.05, 4.69) is 13.8 Å². The first-order chi connectivity index (χ1) is 11.5. The van der Waals surface area contributed by atoms with E-state index in [1.807, 2.05) is 0 Å². The maximum atomic E-state index is 10.2. The van der Waals surface area contributed by atoms with Crippen molar-refractivity contribution in [2.45, 2.75) is 89.8 Å². The maximum absolute atomic E-state index is 10.2. The molecule has 6 aliphatic rings. The summed E-state index contributed by atoms with van der Waals surface area (Å²) in [5, 5.41) is 10.2. The van der Waals surface area contributed by atoms with Crippen molar-refractivity contribution in [2.24, 2.45) is 40.4 Å². The number of rotatable bonds is 0. The van der Waals surface area contributed by atoms with E-state index in [0.29, 0.717) is 34.9 Å². The van der Waals surface area contributed by atoms with Crippen molar-refractivity contribution >= 4 is 0 Å². The van der Waals surface area contributed by atoms with E-state index in [1.165, 1.54) is 38.5 Å². The fourth-order valence-corrected chi connectivity index (χ4v) is 9.04. The summed E-state index contributed by atoms with van der Waals surface area (Å²) < 4.78 is 13.0. The Morgan fingerprint density at radius 1 is 1.00 bits per heavy atom. The molecule has 6 fully saturated rings. The van der Waals surface area contributed by atoms with Gasteiger partial charge in [-0.05, 0) is 93.3 Å². The predicted molar refractivity (Wildman–Crippen MR) is 90.1 cm³/mol. The quantitative estimate of drug-likeness (QED) is 0.734. The van der Waals surface area contributed by atoms with Crippen LogP contribution in [0.15, 0.2) is 0 Å². The van der Waals surface area contributed by atoms with Gasteiger partial charge in [-0.15, -0.1) is 0 Å². The Bertz CT molecular complexity index is 563. The van der Waals surface area contributed by atoms with Crippen LogP contribution < -0.4 is 0 Å². The third kappa shape index (κ3) is 1.53. The molecule has 0 aromatic carbocycles. The molecule has 0 radical (unpaired) electrons. The maximum Gasteiger partial charge on any atom is 0.164 e. The van der Waals surface area contributed by atoms with Crippen molar-refractivity contribution in [3.63, 3.8) is 0 Å². The molecule has 2 aliphatic heterocycles. The summed E-state index contributed by atoms with van der Waals surface area (Å²) in [6.07, 6.45) is 10.8. The van der Waals surface area contributed by atoms with E-state index in [4.69, 9.17) is 9.47 Å². The average molecular weight is 332 g/mol. The van der Waals surface area contributed by atoms with Crippen LogP contribution in [0.3, 0.4) is 0 Å². The first-order valence-electron chi connectivity index (χ1n) is 10.5. The van der Waals surface area contributed by atoms with E-state index in [9.17, 15) is 5.11 Å². The van der Waals surface area contributed by atoms with Gasteiger partial charge in [-0.1, -0.05) is 6.92 Å². The molecule has 2 unspecified atom stereocenters. The summed E-state index contributed by atoms with van der Waals surface area (Å²) in [7, 11) is 0. The van der Waals surface area contributed by atoms with Crippen LogP contribution in [0.1, 0.15) is 65.2 Å². The van der Waals surface area contributed by atoms with Crippen LogP contribution in [0.25, 0.3) is 0 Å². The zero-order valence-corrected chi connectivity index (χ0v) is 15.1. The third-order valence-corrected chi connectivity index (χ3v) is 9.86. The van der Waals surface area contributed by atoms with Gasteiger partial charge < -0.3 is 14.6 Å². The summed E-state index contributed by atoms with van der Waals surface area (Å²) in [5.74, 6) is 3.85. The van der Waals surface area contributed by atoms with Crippen LogP contribution in [-0.2, 0) is 9.47 Å². The molecule has 134 valence electrons. The van der Waals surface area contributed by atoms with Crippen molar-refractivity contribution in [1.29, 1.82) is 0 Å². The minimum absolute atomic E-state index is 0.0570. The minimum atomic E-state index is -0.0570. The molecule has 24 heavy (non-hydrogen) atoms. The van der Waals surface area contributed by atoms with E-state index >= 15 is 0 Å². The van der Waals surface area contributed by atoms with E-state index in [0.717, 1.165) is 30.6 Å². The lowest BCUT2D eigenvalue weighted by atomic mass is 9.44. The Morgan fingerprint density at radius 3 is 2.71 bits per heavy atom. The van der Waals surface area contributed by atoms with Crippen LogP contribution in [-0.4, -0.2) is 29.7 Å². The molecule has 0 aromatic rings. The molecule has 4 aliphatic carbocycles. The second kappa shape index (κ2) is 4.58. The van der Waals surface area contributed by atoms with Gasteiger partial charge in [0.05, 0.1) is 18.3 Å². The van der Waals surface area contributed by atoms with Gasteiger partial charge in [0.1, 0.15) is 0 Å². The zero-order chi connectivity index (χ0) is 16.3. The molecule has 4 saturated carbocycles. The number of ether oxygens (including phenoxy) is 2. The van der Waals surface area contributed by atoms with Crippen molar-refractivity contribution in [3.05, 3.63) is 0 Å². The van der Waals surface area contributed by atoms with Gasteiger partial charge in [0, 0.05) is 5.41 Å². The molecule has 1 spiro atoms. The lowest BCUT2D eigenvalue weighted by molar-refractivity contribution is -0.174. The molecule has 3 nitrogen and oxygen atoms in total. The molecule has 11 atom stereocenters. The number of fused-ring (bicyclic) bond motifs is 6. The Balaban J connectivity index is 1.41. The summed E-state index contributed by atoms with van der Waals surface area (Å²) >= 11 is 0. The Morgan fingerprint density at radius 2 is 1.83 bits per heavy atom. The number of aliphatic hydroxyl groups is 1. The zero-order valence-electron chi connectivity index (χ0n) is 15.1. The molecule has 2 bridgehead atoms. The highest BCUT2D eigenvalue weighted by Crippen LogP contribution is 2.74. The predicted octanol–water partition coefficient (Wildman–Crippen LogP) is 3.74. The fourth-order valence-electron chi connectivity index (χ4n) is 9.04. The lowest BCUT2D eigenvalue weighted by Gasteiger charge is -2.60. The molecule has 0 amide bonds. The topological polar surface area (TPSA) is 38.7 Å². The van der Waals surface area contributed by atoms with Gasteiger partial charge in [-0.2, -0.15) is 0 Å². The molecule has 0 aromatic heterocycles. The highest BCUT2D eigenvalue weighted by molar-refractivity contribution is 5.19. The van der Waals surface area contributed by atoms with Crippen molar-refractivity contribution in [3.8, 4) is 0 Å². The van der Waals surface area contributed by atoms with Gasteiger partial charge in [-0.3, -0.25) is 0 Å². The van der Waals surface area contributed by atoms with Crippen LogP contribution in [0.4, 0.5) is 0 Å². The van der Waals surface area contributed by atoms with Gasteiger partial charge in [0.2, 0.25) is 0 Å². The molecule has 3 heteroatoms. The minimum Gasteiger partial charge on any atom is -0.393 e. The van der Waals surface area contributed by atoms with Crippen molar-refractivity contribution in [1.82, 2.24) is 0 Å². The number of aliphatic hydroxyl groups excluding tert-OH is 1. The fraction of sp³-hybridized carbons (Fsp3) is 1.00. The first kappa shape index (κ1) is 15.0. The Kier molecular flexibility index (Phi) is 2.86. The highest BCUT2D eigenvalue weighted by Gasteiger charge is 2.74. The standard InChI is InChI=1S/C21H32O3/c1-11-15-5-6-16-14-4-3-12-9-13(22)7-8-20(12,2)18(14)17-10-21(15,16)19(23-11)24-17/h11-19,22H,3-10H2,1-2H3/t11-,12+,13+,14-,15+,16-,17+,18+,19?,20-,21?/m0/s1. The molecule has 2 saturated heterocycles. The highest BCUT2D eigenvalue weighted by atomic mass is 16.7. The summed E-state index contributed by atoms with van der Waals surface area (Å²) in [6.45, 7) is 4.83. The van der Waals surface area contributed by atoms with Crippen LogP contribution in [0.2, 0.25) is 0 Å². The van der Waals surface area contributed by atoms with E-state index < -0.39 is 0 Å². The van der Waals surface area contributed by atoms with Crippen LogP contribution in [0, 0.1) is 40.4 Å². The Hall–Kier alpha value is -0.120. The summed E-state index contributed by atoms with van der Waals surface area (Å²) in [4.78, 5) is 0. The first-order valence-corrected chi connectivity index (χ1v) is 10.5. The Labute approximate surface area is 145 Å². The summed E-state index contributed by atoms with van der Waals surface area (Å²) in [6, 6.07) is 0.